The smallest absolute Gasteiger partial charge is 0.208 e. The van der Waals surface area contributed by atoms with Crippen molar-refractivity contribution in [1.82, 2.24) is 25.0 Å². The average Bonchev–Trinajstić information content (AvgIpc) is 3.19. The maximum Gasteiger partial charge on any atom is 0.208 e. The highest BCUT2D eigenvalue weighted by Gasteiger charge is 2.05. The third-order valence-electron chi connectivity index (χ3n) is 3.03. The first-order valence-electron chi connectivity index (χ1n) is 6.83. The van der Waals surface area contributed by atoms with E-state index in [1.807, 2.05) is 17.9 Å². The predicted octanol–water partition coefficient (Wildman–Crippen LogP) is 2.92. The second-order valence-corrected chi connectivity index (χ2v) is 6.89. The van der Waals surface area contributed by atoms with E-state index in [2.05, 4.69) is 44.0 Å². The van der Waals surface area contributed by atoms with Crippen LogP contribution in [0.2, 0.25) is 0 Å². The van der Waals surface area contributed by atoms with E-state index in [0.29, 0.717) is 0 Å². The second-order valence-electron chi connectivity index (χ2n) is 4.80. The number of rotatable bonds is 7. The Labute approximate surface area is 131 Å². The number of hydrogen-bond acceptors (Lipinski definition) is 5. The normalized spacial score (nSPS) is 11.1. The summed E-state index contributed by atoms with van der Waals surface area (Å²) in [6.07, 6.45) is 6.98. The Morgan fingerprint density at radius 2 is 2.38 bits per heavy atom. The third kappa shape index (κ3) is 4.18. The molecule has 0 spiro atoms. The number of aryl methyl sites for hydroxylation is 2. The van der Waals surface area contributed by atoms with Gasteiger partial charge >= 0.3 is 0 Å². The van der Waals surface area contributed by atoms with E-state index in [9.17, 15) is 0 Å². The van der Waals surface area contributed by atoms with E-state index in [1.165, 1.54) is 10.4 Å². The summed E-state index contributed by atoms with van der Waals surface area (Å²) in [7, 11) is 1.95. The third-order valence-corrected chi connectivity index (χ3v) is 4.84. The van der Waals surface area contributed by atoms with Gasteiger partial charge in [-0.25, -0.2) is 4.98 Å². The molecule has 3 heterocycles. The van der Waals surface area contributed by atoms with E-state index in [1.54, 1.807) is 23.1 Å². The van der Waals surface area contributed by atoms with Crippen molar-refractivity contribution in [3.05, 3.63) is 46.2 Å². The van der Waals surface area contributed by atoms with Gasteiger partial charge in [-0.2, -0.15) is 5.10 Å². The monoisotopic (exact) mass is 319 g/mol. The van der Waals surface area contributed by atoms with Gasteiger partial charge in [0.05, 0.1) is 6.20 Å². The molecule has 7 heteroatoms. The maximum absolute atomic E-state index is 4.52. The minimum atomic E-state index is 0.834. The Balaban J connectivity index is 1.42. The fourth-order valence-electron chi connectivity index (χ4n) is 2.04. The molecule has 0 aromatic carbocycles. The van der Waals surface area contributed by atoms with Crippen LogP contribution in [0.4, 0.5) is 0 Å². The topological polar surface area (TPSA) is 59.4 Å². The zero-order valence-electron chi connectivity index (χ0n) is 11.8. The molecule has 0 aliphatic rings. The molecule has 0 aliphatic heterocycles. The Morgan fingerprint density at radius 3 is 3.14 bits per heavy atom. The molecule has 1 N–H and O–H groups in total. The van der Waals surface area contributed by atoms with Crippen molar-refractivity contribution in [3.8, 4) is 0 Å². The largest absolute Gasteiger partial charge is 0.276 e. The Hall–Kier alpha value is -1.60. The predicted molar refractivity (Wildman–Crippen MR) is 85.8 cm³/mol. The molecule has 0 saturated carbocycles. The van der Waals surface area contributed by atoms with Crippen LogP contribution in [0.15, 0.2) is 35.1 Å². The van der Waals surface area contributed by atoms with Crippen molar-refractivity contribution >= 4 is 23.1 Å². The van der Waals surface area contributed by atoms with Crippen molar-refractivity contribution < 1.29 is 0 Å². The van der Waals surface area contributed by atoms with Crippen LogP contribution in [0.3, 0.4) is 0 Å². The number of thiophene rings is 1. The van der Waals surface area contributed by atoms with E-state index >= 15 is 0 Å². The first-order valence-corrected chi connectivity index (χ1v) is 8.70. The highest BCUT2D eigenvalue weighted by atomic mass is 32.2. The van der Waals surface area contributed by atoms with E-state index in [4.69, 9.17) is 0 Å². The lowest BCUT2D eigenvalue weighted by atomic mass is 10.2. The van der Waals surface area contributed by atoms with Crippen LogP contribution in [-0.4, -0.2) is 30.7 Å². The Kier molecular flexibility index (Phi) is 4.72. The fourth-order valence-corrected chi connectivity index (χ4v) is 3.51. The summed E-state index contributed by atoms with van der Waals surface area (Å²) in [5, 5.41) is 14.4. The van der Waals surface area contributed by atoms with E-state index in [0.717, 1.165) is 36.0 Å². The quantitative estimate of drug-likeness (QED) is 0.537. The van der Waals surface area contributed by atoms with Gasteiger partial charge in [-0.1, -0.05) is 17.8 Å². The molecule has 0 bridgehead atoms. The van der Waals surface area contributed by atoms with Gasteiger partial charge in [0.2, 0.25) is 5.16 Å². The Bertz CT molecular complexity index is 671. The van der Waals surface area contributed by atoms with Gasteiger partial charge in [-0.3, -0.25) is 9.78 Å². The molecule has 0 radical (unpaired) electrons. The van der Waals surface area contributed by atoms with E-state index in [-0.39, 0.29) is 0 Å². The summed E-state index contributed by atoms with van der Waals surface area (Å²) < 4.78 is 1.84. The summed E-state index contributed by atoms with van der Waals surface area (Å²) in [4.78, 5) is 5.83. The van der Waals surface area contributed by atoms with Crippen LogP contribution >= 0.6 is 23.1 Å². The van der Waals surface area contributed by atoms with Crippen LogP contribution in [0.25, 0.3) is 0 Å². The van der Waals surface area contributed by atoms with Crippen LogP contribution < -0.4 is 0 Å². The second kappa shape index (κ2) is 6.91. The van der Waals surface area contributed by atoms with Gasteiger partial charge in [-0.15, -0.1) is 16.4 Å². The maximum atomic E-state index is 4.52. The summed E-state index contributed by atoms with van der Waals surface area (Å²) >= 11 is 3.45. The standard InChI is InChI=1S/C14H17N5S2/c1-19-10-11(9-15-19)4-2-7-21-14-16-13(17-18-14)8-12-5-3-6-20-12/h3,5-6,9-10H,2,4,7-8H2,1H3,(H,16,17,18). The van der Waals surface area contributed by atoms with Crippen molar-refractivity contribution in [2.45, 2.75) is 24.4 Å². The van der Waals surface area contributed by atoms with Gasteiger partial charge in [0, 0.05) is 30.3 Å². The highest BCUT2D eigenvalue weighted by Crippen LogP contribution is 2.17. The summed E-state index contributed by atoms with van der Waals surface area (Å²) in [5.74, 6) is 1.96. The molecule has 3 aromatic rings. The zero-order valence-corrected chi connectivity index (χ0v) is 13.5. The summed E-state index contributed by atoms with van der Waals surface area (Å²) in [6.45, 7) is 0. The Morgan fingerprint density at radius 1 is 1.43 bits per heavy atom. The molecule has 0 amide bonds. The molecule has 3 rings (SSSR count). The fraction of sp³-hybridized carbons (Fsp3) is 0.357. The van der Waals surface area contributed by atoms with Gasteiger partial charge in [0.1, 0.15) is 5.82 Å². The van der Waals surface area contributed by atoms with Gasteiger partial charge in [0.15, 0.2) is 0 Å². The number of H-pyrrole nitrogens is 1. The van der Waals surface area contributed by atoms with E-state index < -0.39 is 0 Å². The summed E-state index contributed by atoms with van der Waals surface area (Å²) in [5.41, 5.74) is 1.28. The number of thioether (sulfide) groups is 1. The molecule has 0 unspecified atom stereocenters. The molecule has 5 nitrogen and oxygen atoms in total. The average molecular weight is 319 g/mol. The number of aromatic nitrogens is 5. The molecule has 0 saturated heterocycles. The minimum Gasteiger partial charge on any atom is -0.276 e. The first-order chi connectivity index (χ1) is 10.3. The molecule has 21 heavy (non-hydrogen) atoms. The van der Waals surface area contributed by atoms with Crippen LogP contribution in [0, 0.1) is 0 Å². The van der Waals surface area contributed by atoms with Gasteiger partial charge in [0.25, 0.3) is 0 Å². The lowest BCUT2D eigenvalue weighted by Gasteiger charge is -1.96. The number of nitrogens with one attached hydrogen (secondary N) is 1. The van der Waals surface area contributed by atoms with Crippen LogP contribution in [0.1, 0.15) is 22.7 Å². The van der Waals surface area contributed by atoms with Crippen molar-refractivity contribution in [2.75, 3.05) is 5.75 Å². The number of hydrogen-bond donors (Lipinski definition) is 1. The molecule has 0 fully saturated rings. The van der Waals surface area contributed by atoms with Crippen molar-refractivity contribution in [3.63, 3.8) is 0 Å². The van der Waals surface area contributed by atoms with Crippen LogP contribution in [0.5, 0.6) is 0 Å². The van der Waals surface area contributed by atoms with Gasteiger partial charge < -0.3 is 0 Å². The van der Waals surface area contributed by atoms with Crippen molar-refractivity contribution in [2.24, 2.45) is 7.05 Å². The zero-order chi connectivity index (χ0) is 14.5. The van der Waals surface area contributed by atoms with Gasteiger partial charge in [-0.05, 0) is 29.9 Å². The molecule has 0 aliphatic carbocycles. The molecule has 0 atom stereocenters. The molecule has 3 aromatic heterocycles. The molecular weight excluding hydrogens is 302 g/mol. The minimum absolute atomic E-state index is 0.834. The number of nitrogens with zero attached hydrogens (tertiary/aromatic N) is 4. The summed E-state index contributed by atoms with van der Waals surface area (Å²) in [6, 6.07) is 4.18. The van der Waals surface area contributed by atoms with Crippen molar-refractivity contribution in [1.29, 1.82) is 0 Å². The molecular formula is C14H17N5S2. The lowest BCUT2D eigenvalue weighted by molar-refractivity contribution is 0.766. The highest BCUT2D eigenvalue weighted by molar-refractivity contribution is 7.99. The lowest BCUT2D eigenvalue weighted by Crippen LogP contribution is -1.88. The van der Waals surface area contributed by atoms with Crippen LogP contribution in [-0.2, 0) is 19.9 Å². The number of aromatic amines is 1. The SMILES string of the molecule is Cn1cc(CCCSc2n[nH]c(Cc3cccs3)n2)cn1. The first kappa shape index (κ1) is 14.3. The molecule has 110 valence electrons.